The van der Waals surface area contributed by atoms with Gasteiger partial charge in [0.2, 0.25) is 0 Å². The van der Waals surface area contributed by atoms with E-state index in [4.69, 9.17) is 9.15 Å². The molecule has 1 aromatic heterocycles. The fraction of sp³-hybridized carbons (Fsp3) is 0.211. The quantitative estimate of drug-likeness (QED) is 0.457. The number of carbonyl (C=O) groups is 2. The largest absolute Gasteiger partial charge is 0.464 e. The third-order valence-electron chi connectivity index (χ3n) is 3.86. The molecule has 1 N–H and O–H groups in total. The SMILES string of the molecule is O=C(CNC(=O)c1ccc(Br)cc1)OCCCn1c(=O)oc2ccccc21. The van der Waals surface area contributed by atoms with E-state index in [1.807, 2.05) is 6.07 Å². The number of benzene rings is 2. The second-order valence-corrected chi connectivity index (χ2v) is 6.67. The first-order valence-electron chi connectivity index (χ1n) is 8.32. The minimum absolute atomic E-state index is 0.138. The van der Waals surface area contributed by atoms with Crippen LogP contribution in [0.5, 0.6) is 0 Å². The molecule has 0 aliphatic heterocycles. The van der Waals surface area contributed by atoms with Gasteiger partial charge in [0.05, 0.1) is 12.1 Å². The standard InChI is InChI=1S/C19H17BrN2O5/c20-14-8-6-13(7-9-14)18(24)21-12-17(23)26-11-3-10-22-15-4-1-2-5-16(15)27-19(22)25/h1-2,4-9H,3,10-12H2,(H,21,24). The summed E-state index contributed by atoms with van der Waals surface area (Å²) in [6.45, 7) is 0.288. The first kappa shape index (κ1) is 18.9. The number of hydrogen-bond acceptors (Lipinski definition) is 5. The monoisotopic (exact) mass is 432 g/mol. The van der Waals surface area contributed by atoms with Gasteiger partial charge in [-0.15, -0.1) is 0 Å². The summed E-state index contributed by atoms with van der Waals surface area (Å²) in [6, 6.07) is 13.9. The zero-order valence-corrected chi connectivity index (χ0v) is 15.9. The molecular weight excluding hydrogens is 416 g/mol. The average Bonchev–Trinajstić information content (AvgIpc) is 2.99. The van der Waals surface area contributed by atoms with Crippen molar-refractivity contribution in [3.63, 3.8) is 0 Å². The van der Waals surface area contributed by atoms with Crippen molar-refractivity contribution in [2.24, 2.45) is 0 Å². The molecule has 27 heavy (non-hydrogen) atoms. The summed E-state index contributed by atoms with van der Waals surface area (Å²) < 4.78 is 12.6. The average molecular weight is 433 g/mol. The molecule has 0 unspecified atom stereocenters. The van der Waals surface area contributed by atoms with Crippen molar-refractivity contribution < 1.29 is 18.7 Å². The summed E-state index contributed by atoms with van der Waals surface area (Å²) in [7, 11) is 0. The van der Waals surface area contributed by atoms with Crippen molar-refractivity contribution in [2.45, 2.75) is 13.0 Å². The molecular formula is C19H17BrN2O5. The molecule has 0 aliphatic rings. The number of aryl methyl sites for hydroxylation is 1. The third kappa shape index (κ3) is 4.85. The van der Waals surface area contributed by atoms with Crippen molar-refractivity contribution >= 4 is 38.9 Å². The predicted octanol–water partition coefficient (Wildman–Crippen LogP) is 2.72. The summed E-state index contributed by atoms with van der Waals surface area (Å²) in [6.07, 6.45) is 0.454. The van der Waals surface area contributed by atoms with E-state index in [1.54, 1.807) is 42.5 Å². The Morgan fingerprint density at radius 2 is 1.85 bits per heavy atom. The number of halogens is 1. The zero-order chi connectivity index (χ0) is 19.2. The highest BCUT2D eigenvalue weighted by atomic mass is 79.9. The Balaban J connectivity index is 1.42. The van der Waals surface area contributed by atoms with Gasteiger partial charge in [0.1, 0.15) is 6.54 Å². The zero-order valence-electron chi connectivity index (χ0n) is 14.3. The van der Waals surface area contributed by atoms with Gasteiger partial charge in [-0.05, 0) is 42.8 Å². The molecule has 3 aromatic rings. The highest BCUT2D eigenvalue weighted by Gasteiger charge is 2.10. The van der Waals surface area contributed by atoms with Crippen LogP contribution in [0.1, 0.15) is 16.8 Å². The van der Waals surface area contributed by atoms with Gasteiger partial charge in [-0.2, -0.15) is 0 Å². The van der Waals surface area contributed by atoms with Gasteiger partial charge >= 0.3 is 11.7 Å². The Hall–Kier alpha value is -2.87. The number of amides is 1. The van der Waals surface area contributed by atoms with Crippen LogP contribution in [0.3, 0.4) is 0 Å². The number of oxazole rings is 1. The number of rotatable bonds is 7. The normalized spacial score (nSPS) is 10.7. The fourth-order valence-electron chi connectivity index (χ4n) is 2.54. The predicted molar refractivity (Wildman–Crippen MR) is 103 cm³/mol. The van der Waals surface area contributed by atoms with E-state index < -0.39 is 11.7 Å². The highest BCUT2D eigenvalue weighted by molar-refractivity contribution is 9.10. The molecule has 0 spiro atoms. The van der Waals surface area contributed by atoms with Crippen LogP contribution in [0.2, 0.25) is 0 Å². The van der Waals surface area contributed by atoms with Crippen LogP contribution in [-0.2, 0) is 16.1 Å². The van der Waals surface area contributed by atoms with E-state index in [0.29, 0.717) is 29.6 Å². The summed E-state index contributed by atoms with van der Waals surface area (Å²) in [5.74, 6) is -1.33. The topological polar surface area (TPSA) is 90.5 Å². The molecule has 8 heteroatoms. The van der Waals surface area contributed by atoms with Crippen LogP contribution in [0.15, 0.2) is 62.2 Å². The van der Waals surface area contributed by atoms with E-state index >= 15 is 0 Å². The molecule has 1 heterocycles. The Morgan fingerprint density at radius 1 is 1.11 bits per heavy atom. The van der Waals surface area contributed by atoms with Gasteiger partial charge in [0.15, 0.2) is 5.58 Å². The van der Waals surface area contributed by atoms with Crippen LogP contribution in [-0.4, -0.2) is 29.6 Å². The molecule has 7 nitrogen and oxygen atoms in total. The van der Waals surface area contributed by atoms with Gasteiger partial charge in [-0.25, -0.2) is 4.79 Å². The molecule has 1 amide bonds. The van der Waals surface area contributed by atoms with Gasteiger partial charge < -0.3 is 14.5 Å². The second-order valence-electron chi connectivity index (χ2n) is 5.75. The number of aromatic nitrogens is 1. The lowest BCUT2D eigenvalue weighted by Crippen LogP contribution is -2.30. The maximum atomic E-state index is 11.9. The lowest BCUT2D eigenvalue weighted by molar-refractivity contribution is -0.142. The maximum absolute atomic E-state index is 11.9. The van der Waals surface area contributed by atoms with E-state index in [-0.39, 0.29) is 19.1 Å². The van der Waals surface area contributed by atoms with E-state index in [0.717, 1.165) is 4.47 Å². The Kier molecular flexibility index (Phi) is 6.08. The summed E-state index contributed by atoms with van der Waals surface area (Å²) in [5, 5.41) is 2.51. The number of para-hydroxylation sites is 2. The van der Waals surface area contributed by atoms with Crippen LogP contribution in [0, 0.1) is 0 Å². The van der Waals surface area contributed by atoms with Crippen molar-refractivity contribution in [3.8, 4) is 0 Å². The van der Waals surface area contributed by atoms with Crippen LogP contribution in [0.25, 0.3) is 11.1 Å². The van der Waals surface area contributed by atoms with Gasteiger partial charge in [0.25, 0.3) is 5.91 Å². The number of carbonyl (C=O) groups excluding carboxylic acids is 2. The molecule has 0 saturated heterocycles. The van der Waals surface area contributed by atoms with Crippen molar-refractivity contribution in [1.29, 1.82) is 0 Å². The van der Waals surface area contributed by atoms with E-state index in [1.165, 1.54) is 4.57 Å². The fourth-order valence-corrected chi connectivity index (χ4v) is 2.81. The molecule has 140 valence electrons. The highest BCUT2D eigenvalue weighted by Crippen LogP contribution is 2.12. The van der Waals surface area contributed by atoms with Gasteiger partial charge in [-0.1, -0.05) is 28.1 Å². The van der Waals surface area contributed by atoms with Crippen LogP contribution >= 0.6 is 15.9 Å². The first-order chi connectivity index (χ1) is 13.0. The molecule has 0 saturated carbocycles. The third-order valence-corrected chi connectivity index (χ3v) is 4.39. The van der Waals surface area contributed by atoms with Crippen molar-refractivity contribution in [3.05, 3.63) is 69.1 Å². The molecule has 2 aromatic carbocycles. The Labute approximate surface area is 163 Å². The summed E-state index contributed by atoms with van der Waals surface area (Å²) in [4.78, 5) is 35.5. The van der Waals surface area contributed by atoms with E-state index in [9.17, 15) is 14.4 Å². The minimum atomic E-state index is -0.537. The molecule has 0 bridgehead atoms. The summed E-state index contributed by atoms with van der Waals surface area (Å²) in [5.41, 5.74) is 1.68. The van der Waals surface area contributed by atoms with Crippen LogP contribution in [0.4, 0.5) is 0 Å². The number of nitrogens with one attached hydrogen (secondary N) is 1. The van der Waals surface area contributed by atoms with Gasteiger partial charge in [0, 0.05) is 16.6 Å². The minimum Gasteiger partial charge on any atom is -0.464 e. The van der Waals surface area contributed by atoms with E-state index in [2.05, 4.69) is 21.2 Å². The molecule has 0 radical (unpaired) electrons. The number of hydrogen-bond donors (Lipinski definition) is 1. The number of nitrogens with zero attached hydrogens (tertiary/aromatic N) is 1. The second kappa shape index (κ2) is 8.68. The smallest absolute Gasteiger partial charge is 0.419 e. The molecule has 0 fully saturated rings. The Morgan fingerprint density at radius 3 is 2.63 bits per heavy atom. The number of esters is 1. The Bertz CT molecular complexity index is 1010. The van der Waals surface area contributed by atoms with Gasteiger partial charge in [-0.3, -0.25) is 14.2 Å². The first-order valence-corrected chi connectivity index (χ1v) is 9.11. The number of fused-ring (bicyclic) bond motifs is 1. The van der Waals surface area contributed by atoms with Crippen molar-refractivity contribution in [2.75, 3.05) is 13.2 Å². The maximum Gasteiger partial charge on any atom is 0.419 e. The lowest BCUT2D eigenvalue weighted by atomic mass is 10.2. The molecule has 0 atom stereocenters. The molecule has 3 rings (SSSR count). The van der Waals surface area contributed by atoms with Crippen molar-refractivity contribution in [1.82, 2.24) is 9.88 Å². The lowest BCUT2D eigenvalue weighted by Gasteiger charge is -2.07. The summed E-state index contributed by atoms with van der Waals surface area (Å²) >= 11 is 3.29. The number of ether oxygens (including phenoxy) is 1. The van der Waals surface area contributed by atoms with Crippen LogP contribution < -0.4 is 11.1 Å². The molecule has 0 aliphatic carbocycles.